The number of hydrogen-bond donors (Lipinski definition) is 4. The van der Waals surface area contributed by atoms with Gasteiger partial charge in [0.05, 0.1) is 24.9 Å². The zero-order chi connectivity index (χ0) is 22.1. The van der Waals surface area contributed by atoms with Crippen molar-refractivity contribution in [1.82, 2.24) is 20.6 Å². The van der Waals surface area contributed by atoms with E-state index in [4.69, 9.17) is 15.2 Å². The molecule has 2 atom stereocenters. The molecule has 0 saturated heterocycles. The van der Waals surface area contributed by atoms with Crippen LogP contribution in [0.5, 0.6) is 5.88 Å². The first-order chi connectivity index (χ1) is 14.2. The Labute approximate surface area is 177 Å². The number of nitrogens with zero attached hydrogens (tertiary/aromatic N) is 2. The first-order valence-corrected chi connectivity index (χ1v) is 9.76. The number of amides is 1. The van der Waals surface area contributed by atoms with Crippen molar-refractivity contribution in [1.29, 1.82) is 0 Å². The van der Waals surface area contributed by atoms with Gasteiger partial charge in [0, 0.05) is 19.2 Å². The number of benzene rings is 1. The minimum Gasteiger partial charge on any atom is -0.481 e. The average molecular weight is 418 g/mol. The van der Waals surface area contributed by atoms with Crippen molar-refractivity contribution in [3.63, 3.8) is 0 Å². The highest BCUT2D eigenvalue weighted by molar-refractivity contribution is 5.68. The van der Waals surface area contributed by atoms with Gasteiger partial charge in [-0.3, -0.25) is 0 Å². The molecule has 0 radical (unpaired) electrons. The lowest BCUT2D eigenvalue weighted by Gasteiger charge is -2.27. The Bertz CT molecular complexity index is 811. The van der Waals surface area contributed by atoms with E-state index in [2.05, 4.69) is 20.6 Å². The number of aliphatic hydroxyl groups is 1. The lowest BCUT2D eigenvalue weighted by Crippen LogP contribution is -2.49. The van der Waals surface area contributed by atoms with E-state index in [1.54, 1.807) is 26.8 Å². The second-order valence-corrected chi connectivity index (χ2v) is 7.90. The number of methoxy groups -OCH3 is 1. The summed E-state index contributed by atoms with van der Waals surface area (Å²) < 4.78 is 10.4. The molecule has 1 aromatic carbocycles. The Morgan fingerprint density at radius 1 is 1.23 bits per heavy atom. The van der Waals surface area contributed by atoms with Crippen LogP contribution in [0.1, 0.15) is 32.0 Å². The van der Waals surface area contributed by atoms with Crippen molar-refractivity contribution in [2.75, 3.05) is 19.4 Å². The maximum Gasteiger partial charge on any atom is 0.407 e. The summed E-state index contributed by atoms with van der Waals surface area (Å²) in [7, 11) is 1.50. The lowest BCUT2D eigenvalue weighted by atomic mass is 10.0. The Hall–Kier alpha value is -2.91. The van der Waals surface area contributed by atoms with E-state index in [1.165, 1.54) is 7.11 Å². The Morgan fingerprint density at radius 3 is 2.57 bits per heavy atom. The lowest BCUT2D eigenvalue weighted by molar-refractivity contribution is 0.0422. The van der Waals surface area contributed by atoms with Crippen LogP contribution in [0.4, 0.5) is 10.7 Å². The third kappa shape index (κ3) is 8.22. The molecule has 0 aliphatic carbocycles. The van der Waals surface area contributed by atoms with Crippen LogP contribution in [-0.2, 0) is 17.7 Å². The molecule has 0 bridgehead atoms. The van der Waals surface area contributed by atoms with E-state index in [1.807, 2.05) is 30.3 Å². The Morgan fingerprint density at radius 2 is 1.93 bits per heavy atom. The van der Waals surface area contributed by atoms with Gasteiger partial charge in [0.2, 0.25) is 11.8 Å². The van der Waals surface area contributed by atoms with Crippen LogP contribution in [0.3, 0.4) is 0 Å². The molecule has 30 heavy (non-hydrogen) atoms. The maximum atomic E-state index is 12.3. The molecule has 5 N–H and O–H groups in total. The maximum absolute atomic E-state index is 12.3. The van der Waals surface area contributed by atoms with Gasteiger partial charge in [0.25, 0.3) is 0 Å². The summed E-state index contributed by atoms with van der Waals surface area (Å²) >= 11 is 0. The van der Waals surface area contributed by atoms with Crippen molar-refractivity contribution >= 4 is 12.0 Å². The number of nitrogens with one attached hydrogen (secondary N) is 2. The van der Waals surface area contributed by atoms with Crippen LogP contribution < -0.4 is 21.1 Å². The number of aliphatic hydroxyl groups excluding tert-OH is 1. The molecule has 9 heteroatoms. The van der Waals surface area contributed by atoms with Gasteiger partial charge in [-0.1, -0.05) is 30.3 Å². The topological polar surface area (TPSA) is 132 Å². The summed E-state index contributed by atoms with van der Waals surface area (Å²) in [5.41, 5.74) is 6.66. The number of alkyl carbamates (subject to hydrolysis) is 1. The van der Waals surface area contributed by atoms with Crippen molar-refractivity contribution in [2.24, 2.45) is 0 Å². The number of nitrogen functional groups attached to an aromatic ring is 1. The Kier molecular flexibility index (Phi) is 8.37. The van der Waals surface area contributed by atoms with Crippen LogP contribution in [0.2, 0.25) is 0 Å². The summed E-state index contributed by atoms with van der Waals surface area (Å²) in [6, 6.07) is 10.8. The molecule has 2 rings (SSSR count). The van der Waals surface area contributed by atoms with Gasteiger partial charge in [0.1, 0.15) is 5.60 Å². The standard InChI is InChI=1S/C21H31N5O4/c1-21(2,3)30-20(28)25-16(10-14-8-6-5-7-9-14)17(27)13-23-12-15-11-18(29-4)26-19(22)24-15/h5-9,11,16-17,23,27H,10,12-13H2,1-4H3,(H,25,28)(H2,22,24,26)/t16-,17+/m0/s1. The third-order valence-corrected chi connectivity index (χ3v) is 4.11. The van der Waals surface area contributed by atoms with Gasteiger partial charge >= 0.3 is 6.09 Å². The molecule has 2 aromatic rings. The highest BCUT2D eigenvalue weighted by Crippen LogP contribution is 2.12. The van der Waals surface area contributed by atoms with Gasteiger partial charge in [-0.25, -0.2) is 9.78 Å². The van der Waals surface area contributed by atoms with Crippen molar-refractivity contribution in [2.45, 2.75) is 51.5 Å². The first-order valence-electron chi connectivity index (χ1n) is 9.76. The SMILES string of the molecule is COc1cc(CNC[C@@H](O)[C@H](Cc2ccccc2)NC(=O)OC(C)(C)C)nc(N)n1. The van der Waals surface area contributed by atoms with Crippen LogP contribution in [0.15, 0.2) is 36.4 Å². The highest BCUT2D eigenvalue weighted by Gasteiger charge is 2.25. The zero-order valence-corrected chi connectivity index (χ0v) is 17.9. The van der Waals surface area contributed by atoms with Crippen LogP contribution in [0.25, 0.3) is 0 Å². The van der Waals surface area contributed by atoms with E-state index in [0.717, 1.165) is 5.56 Å². The fourth-order valence-electron chi connectivity index (χ4n) is 2.79. The van der Waals surface area contributed by atoms with Gasteiger partial charge in [-0.05, 0) is 32.8 Å². The Balaban J connectivity index is 1.99. The average Bonchev–Trinajstić information content (AvgIpc) is 2.66. The molecular weight excluding hydrogens is 386 g/mol. The number of rotatable bonds is 9. The predicted molar refractivity (Wildman–Crippen MR) is 114 cm³/mol. The minimum absolute atomic E-state index is 0.111. The van der Waals surface area contributed by atoms with E-state index < -0.39 is 23.8 Å². The molecule has 0 saturated carbocycles. The predicted octanol–water partition coefficient (Wildman–Crippen LogP) is 1.65. The molecule has 164 valence electrons. The summed E-state index contributed by atoms with van der Waals surface area (Å²) in [5, 5.41) is 16.6. The molecule has 9 nitrogen and oxygen atoms in total. The minimum atomic E-state index is -0.862. The first kappa shape index (κ1) is 23.4. The van der Waals surface area contributed by atoms with Crippen LogP contribution in [0, 0.1) is 0 Å². The number of anilines is 1. The number of carbonyl (C=O) groups is 1. The fraction of sp³-hybridized carbons (Fsp3) is 0.476. The van der Waals surface area contributed by atoms with Crippen molar-refractivity contribution < 1.29 is 19.4 Å². The molecule has 0 spiro atoms. The summed E-state index contributed by atoms with van der Waals surface area (Å²) in [6.45, 7) is 5.94. The van der Waals surface area contributed by atoms with Crippen molar-refractivity contribution in [3.8, 4) is 5.88 Å². The second kappa shape index (κ2) is 10.7. The van der Waals surface area contributed by atoms with E-state index in [0.29, 0.717) is 24.5 Å². The number of nitrogens with two attached hydrogens (primary N) is 1. The number of ether oxygens (including phenoxy) is 2. The summed E-state index contributed by atoms with van der Waals surface area (Å²) in [6.07, 6.45) is -0.980. The highest BCUT2D eigenvalue weighted by atomic mass is 16.6. The zero-order valence-electron chi connectivity index (χ0n) is 17.9. The molecule has 1 aromatic heterocycles. The summed E-state index contributed by atoms with van der Waals surface area (Å²) in [5.74, 6) is 0.480. The second-order valence-electron chi connectivity index (χ2n) is 7.90. The van der Waals surface area contributed by atoms with E-state index in [-0.39, 0.29) is 12.5 Å². The molecule has 0 aliphatic heterocycles. The molecule has 0 fully saturated rings. The summed E-state index contributed by atoms with van der Waals surface area (Å²) in [4.78, 5) is 20.3. The van der Waals surface area contributed by atoms with E-state index >= 15 is 0 Å². The van der Waals surface area contributed by atoms with Gasteiger partial charge in [-0.15, -0.1) is 0 Å². The quantitative estimate of drug-likeness (QED) is 0.484. The number of carbonyl (C=O) groups excluding carboxylic acids is 1. The monoisotopic (exact) mass is 417 g/mol. The van der Waals surface area contributed by atoms with Crippen LogP contribution in [-0.4, -0.2) is 52.6 Å². The molecule has 1 heterocycles. The van der Waals surface area contributed by atoms with Crippen molar-refractivity contribution in [3.05, 3.63) is 47.7 Å². The molecular formula is C21H31N5O4. The third-order valence-electron chi connectivity index (χ3n) is 4.11. The normalized spacial score (nSPS) is 13.4. The number of aromatic nitrogens is 2. The van der Waals surface area contributed by atoms with E-state index in [9.17, 15) is 9.90 Å². The van der Waals surface area contributed by atoms with Gasteiger partial charge in [0.15, 0.2) is 0 Å². The van der Waals surface area contributed by atoms with Gasteiger partial charge in [-0.2, -0.15) is 4.98 Å². The smallest absolute Gasteiger partial charge is 0.407 e. The van der Waals surface area contributed by atoms with Crippen LogP contribution >= 0.6 is 0 Å². The molecule has 1 amide bonds. The van der Waals surface area contributed by atoms with Gasteiger partial charge < -0.3 is 30.9 Å². The molecule has 0 unspecified atom stereocenters. The largest absolute Gasteiger partial charge is 0.481 e. The fourth-order valence-corrected chi connectivity index (χ4v) is 2.79. The molecule has 0 aliphatic rings. The number of hydrogen-bond acceptors (Lipinski definition) is 8.